The van der Waals surface area contributed by atoms with Gasteiger partial charge in [0.05, 0.1) is 13.3 Å². The molecule has 0 saturated carbocycles. The largest absolute Gasteiger partial charge is 0.495 e. The minimum atomic E-state index is 0.274. The number of benzene rings is 1. The van der Waals surface area contributed by atoms with E-state index in [4.69, 9.17) is 14.2 Å². The summed E-state index contributed by atoms with van der Waals surface area (Å²) in [5, 5.41) is 0. The molecule has 0 amide bonds. The van der Waals surface area contributed by atoms with Crippen molar-refractivity contribution >= 4 is 12.2 Å². The molecule has 4 nitrogen and oxygen atoms in total. The Hall–Kier alpha value is -2.49. The number of methoxy groups -OCH3 is 1. The van der Waals surface area contributed by atoms with Crippen molar-refractivity contribution in [2.75, 3.05) is 13.9 Å². The average Bonchev–Trinajstić information content (AvgIpc) is 2.93. The Bertz CT molecular complexity index is 623. The Balaban J connectivity index is 1.82. The van der Waals surface area contributed by atoms with Gasteiger partial charge in [-0.2, -0.15) is 0 Å². The molecule has 0 spiro atoms. The summed E-state index contributed by atoms with van der Waals surface area (Å²) in [6.07, 6.45) is 7.33. The summed E-state index contributed by atoms with van der Waals surface area (Å²) < 4.78 is 15.7. The molecule has 0 aliphatic carbocycles. The molecule has 0 N–H and O–H groups in total. The van der Waals surface area contributed by atoms with Crippen molar-refractivity contribution in [3.05, 3.63) is 47.8 Å². The minimum Gasteiger partial charge on any atom is -0.495 e. The molecule has 4 heteroatoms. The highest BCUT2D eigenvalue weighted by molar-refractivity contribution is 5.70. The lowest BCUT2D eigenvalue weighted by molar-refractivity contribution is 0.174. The normalized spacial score (nSPS) is 12.9. The van der Waals surface area contributed by atoms with Crippen LogP contribution >= 0.6 is 0 Å². The van der Waals surface area contributed by atoms with Crippen molar-refractivity contribution in [2.45, 2.75) is 0 Å². The summed E-state index contributed by atoms with van der Waals surface area (Å²) in [6, 6.07) is 8.72. The van der Waals surface area contributed by atoms with Gasteiger partial charge in [0.1, 0.15) is 5.75 Å². The van der Waals surface area contributed by atoms with E-state index in [9.17, 15) is 0 Å². The van der Waals surface area contributed by atoms with Gasteiger partial charge in [0.2, 0.25) is 6.79 Å². The van der Waals surface area contributed by atoms with Gasteiger partial charge >= 0.3 is 0 Å². The summed E-state index contributed by atoms with van der Waals surface area (Å²) >= 11 is 0. The van der Waals surface area contributed by atoms with Gasteiger partial charge in [-0.15, -0.1) is 0 Å². The van der Waals surface area contributed by atoms with Crippen molar-refractivity contribution in [1.29, 1.82) is 0 Å². The molecule has 0 atom stereocenters. The first-order valence-corrected chi connectivity index (χ1v) is 5.83. The molecule has 3 rings (SSSR count). The quantitative estimate of drug-likeness (QED) is 0.844. The van der Waals surface area contributed by atoms with Crippen LogP contribution < -0.4 is 14.2 Å². The van der Waals surface area contributed by atoms with Gasteiger partial charge in [0.25, 0.3) is 0 Å². The Labute approximate surface area is 111 Å². The number of hydrogen-bond donors (Lipinski definition) is 0. The number of pyridine rings is 1. The van der Waals surface area contributed by atoms with Gasteiger partial charge < -0.3 is 14.2 Å². The van der Waals surface area contributed by atoms with Crippen LogP contribution in [0.4, 0.5) is 0 Å². The lowest BCUT2D eigenvalue weighted by atomic mass is 10.1. The van der Waals surface area contributed by atoms with Crippen LogP contribution in [0.2, 0.25) is 0 Å². The second-order valence-electron chi connectivity index (χ2n) is 4.01. The number of fused-ring (bicyclic) bond motifs is 1. The third-order valence-corrected chi connectivity index (χ3v) is 2.75. The maximum atomic E-state index is 5.32. The van der Waals surface area contributed by atoms with Crippen molar-refractivity contribution in [2.24, 2.45) is 0 Å². The summed E-state index contributed by atoms with van der Waals surface area (Å²) in [6.45, 7) is 0.274. The summed E-state index contributed by atoms with van der Waals surface area (Å²) in [5.74, 6) is 2.22. The third kappa shape index (κ3) is 2.52. The van der Waals surface area contributed by atoms with Crippen LogP contribution in [0.3, 0.4) is 0 Å². The maximum absolute atomic E-state index is 5.32. The molecule has 0 unspecified atom stereocenters. The van der Waals surface area contributed by atoms with Gasteiger partial charge in [0.15, 0.2) is 11.5 Å². The number of nitrogens with zero attached hydrogens (tertiary/aromatic N) is 1. The highest BCUT2D eigenvalue weighted by Crippen LogP contribution is 2.32. The fourth-order valence-electron chi connectivity index (χ4n) is 1.78. The lowest BCUT2D eigenvalue weighted by Crippen LogP contribution is -1.92. The van der Waals surface area contributed by atoms with E-state index >= 15 is 0 Å². The fourth-order valence-corrected chi connectivity index (χ4v) is 1.78. The smallest absolute Gasteiger partial charge is 0.231 e. The van der Waals surface area contributed by atoms with Gasteiger partial charge in [-0.25, -0.2) is 0 Å². The SMILES string of the molecule is COc1cncc(/C=C/c2[c]cc3c(c2)OCO3)c1. The Morgan fingerprint density at radius 3 is 3.00 bits per heavy atom. The lowest BCUT2D eigenvalue weighted by Gasteiger charge is -2.00. The highest BCUT2D eigenvalue weighted by atomic mass is 16.7. The summed E-state index contributed by atoms with van der Waals surface area (Å²) in [5.41, 5.74) is 1.89. The zero-order valence-electron chi connectivity index (χ0n) is 10.4. The molecule has 1 aromatic heterocycles. The first kappa shape index (κ1) is 11.6. The Morgan fingerprint density at radius 2 is 2.11 bits per heavy atom. The average molecular weight is 254 g/mol. The van der Waals surface area contributed by atoms with Crippen molar-refractivity contribution in [3.8, 4) is 17.2 Å². The number of aromatic nitrogens is 1. The predicted octanol–water partition coefficient (Wildman–Crippen LogP) is 2.79. The topological polar surface area (TPSA) is 40.6 Å². The van der Waals surface area contributed by atoms with E-state index in [0.29, 0.717) is 0 Å². The molecule has 1 aliphatic heterocycles. The van der Waals surface area contributed by atoms with Crippen LogP contribution in [0.1, 0.15) is 11.1 Å². The molecular formula is C15H12NO3. The molecule has 0 bridgehead atoms. The zero-order valence-corrected chi connectivity index (χ0v) is 10.4. The van der Waals surface area contributed by atoms with Gasteiger partial charge in [-0.1, -0.05) is 12.2 Å². The predicted molar refractivity (Wildman–Crippen MR) is 71.1 cm³/mol. The standard InChI is InChI=1S/C15H12NO3/c1-17-13-6-12(8-16-9-13)3-2-11-4-5-14-15(7-11)19-10-18-14/h2-3,5-9H,10H2,1H3/b3-2+. The van der Waals surface area contributed by atoms with E-state index < -0.39 is 0 Å². The van der Waals surface area contributed by atoms with E-state index in [-0.39, 0.29) is 6.79 Å². The fraction of sp³-hybridized carbons (Fsp3) is 0.133. The van der Waals surface area contributed by atoms with E-state index in [1.807, 2.05) is 24.3 Å². The number of hydrogen-bond acceptors (Lipinski definition) is 4. The molecule has 95 valence electrons. The summed E-state index contributed by atoms with van der Waals surface area (Å²) in [4.78, 5) is 4.09. The van der Waals surface area contributed by atoms with E-state index in [2.05, 4.69) is 11.1 Å². The molecule has 19 heavy (non-hydrogen) atoms. The summed E-state index contributed by atoms with van der Waals surface area (Å²) in [7, 11) is 1.62. The van der Waals surface area contributed by atoms with E-state index in [1.54, 1.807) is 25.6 Å². The van der Waals surface area contributed by atoms with Gasteiger partial charge in [0, 0.05) is 6.20 Å². The Kier molecular flexibility index (Phi) is 3.06. The maximum Gasteiger partial charge on any atom is 0.231 e. The first-order valence-electron chi connectivity index (χ1n) is 5.83. The van der Waals surface area contributed by atoms with Crippen molar-refractivity contribution < 1.29 is 14.2 Å². The van der Waals surface area contributed by atoms with E-state index in [0.717, 1.165) is 28.4 Å². The molecule has 1 aromatic carbocycles. The molecule has 2 aromatic rings. The third-order valence-electron chi connectivity index (χ3n) is 2.75. The van der Waals surface area contributed by atoms with Gasteiger partial charge in [-0.3, -0.25) is 4.98 Å². The first-order chi connectivity index (χ1) is 9.35. The number of rotatable bonds is 3. The molecule has 1 aliphatic rings. The molecular weight excluding hydrogens is 242 g/mol. The highest BCUT2D eigenvalue weighted by Gasteiger charge is 2.12. The monoisotopic (exact) mass is 254 g/mol. The van der Waals surface area contributed by atoms with Crippen LogP contribution in [-0.2, 0) is 0 Å². The second kappa shape index (κ2) is 5.02. The Morgan fingerprint density at radius 1 is 1.21 bits per heavy atom. The van der Waals surface area contributed by atoms with E-state index in [1.165, 1.54) is 0 Å². The molecule has 0 fully saturated rings. The van der Waals surface area contributed by atoms with Crippen molar-refractivity contribution in [1.82, 2.24) is 4.98 Å². The van der Waals surface area contributed by atoms with Crippen molar-refractivity contribution in [3.63, 3.8) is 0 Å². The van der Waals surface area contributed by atoms with Crippen LogP contribution in [-0.4, -0.2) is 18.9 Å². The van der Waals surface area contributed by atoms with Crippen LogP contribution in [0.5, 0.6) is 17.2 Å². The molecule has 0 saturated heterocycles. The van der Waals surface area contributed by atoms with Crippen LogP contribution in [0, 0.1) is 6.07 Å². The number of ether oxygens (including phenoxy) is 3. The molecule has 2 heterocycles. The van der Waals surface area contributed by atoms with Crippen LogP contribution in [0.15, 0.2) is 30.6 Å². The zero-order chi connectivity index (χ0) is 13.1. The second-order valence-corrected chi connectivity index (χ2v) is 4.01. The van der Waals surface area contributed by atoms with Gasteiger partial charge in [-0.05, 0) is 35.4 Å². The molecule has 1 radical (unpaired) electrons. The minimum absolute atomic E-state index is 0.274. The van der Waals surface area contributed by atoms with Crippen LogP contribution in [0.25, 0.3) is 12.2 Å².